The molecule has 10 heteroatoms. The molecule has 3 unspecified atom stereocenters. The van der Waals surface area contributed by atoms with Gasteiger partial charge in [-0.3, -0.25) is 14.4 Å². The number of esters is 1. The Kier molecular flexibility index (Phi) is 9.39. The molecule has 5 rings (SSSR count). The van der Waals surface area contributed by atoms with E-state index in [9.17, 15) is 19.5 Å². The van der Waals surface area contributed by atoms with E-state index in [1.54, 1.807) is 48.4 Å². The van der Waals surface area contributed by atoms with Crippen molar-refractivity contribution in [1.82, 2.24) is 4.90 Å². The lowest BCUT2D eigenvalue weighted by atomic mass is 9.70. The van der Waals surface area contributed by atoms with Gasteiger partial charge in [0.15, 0.2) is 0 Å². The number of anilines is 1. The SMILES string of the molecule is C=CCCOC(=O)[C@H]1[C@@H]2OC3(CC2Br)C(C(=O)N(CC=C)c2ccc(OC)cc2)N([C@@H](CO)Cc2ccccc2)C(=O)[C@H]13. The van der Waals surface area contributed by atoms with Gasteiger partial charge in [0.2, 0.25) is 5.91 Å². The van der Waals surface area contributed by atoms with Gasteiger partial charge in [-0.25, -0.2) is 0 Å². The van der Waals surface area contributed by atoms with E-state index in [4.69, 9.17) is 14.2 Å². The van der Waals surface area contributed by atoms with E-state index >= 15 is 0 Å². The Labute approximate surface area is 260 Å². The largest absolute Gasteiger partial charge is 0.497 e. The molecule has 7 atom stereocenters. The third-order valence-electron chi connectivity index (χ3n) is 8.68. The summed E-state index contributed by atoms with van der Waals surface area (Å²) in [6.07, 6.45) is 3.75. The number of amides is 2. The first-order valence-electron chi connectivity index (χ1n) is 14.4. The van der Waals surface area contributed by atoms with Crippen LogP contribution in [0.1, 0.15) is 18.4 Å². The maximum atomic E-state index is 14.8. The molecule has 228 valence electrons. The number of likely N-dealkylation sites (tertiary alicyclic amines) is 1. The number of rotatable bonds is 13. The van der Waals surface area contributed by atoms with Crippen molar-refractivity contribution >= 4 is 39.4 Å². The average Bonchev–Trinajstić information content (AvgIpc) is 3.62. The molecule has 0 aliphatic carbocycles. The Morgan fingerprint density at radius 3 is 2.53 bits per heavy atom. The monoisotopic (exact) mass is 652 g/mol. The van der Waals surface area contributed by atoms with Crippen LogP contribution in [-0.4, -0.2) is 83.3 Å². The van der Waals surface area contributed by atoms with E-state index < -0.39 is 47.5 Å². The van der Waals surface area contributed by atoms with Gasteiger partial charge in [-0.15, -0.1) is 13.2 Å². The number of benzene rings is 2. The standard InChI is InChI=1S/C33H37BrN2O7/c1-4-6-17-42-32(40)26-27-30(38)36(23(20-37)18-21-10-8-7-9-11-21)29(33(27)19-25(34)28(26)43-33)31(39)35(16-5-2)22-12-14-24(41-3)15-13-22/h4-5,7-15,23,25-29,37H,1-2,6,16-20H2,3H3/t23-,25?,26-,27+,28-,29?,33?/m1/s1. The molecule has 2 bridgehead atoms. The molecule has 3 saturated heterocycles. The first-order chi connectivity index (χ1) is 20.8. The minimum absolute atomic E-state index is 0.135. The number of methoxy groups -OCH3 is 1. The summed E-state index contributed by atoms with van der Waals surface area (Å²) in [6.45, 7) is 7.45. The maximum absolute atomic E-state index is 14.8. The number of carbonyl (C=O) groups excluding carboxylic acids is 3. The van der Waals surface area contributed by atoms with Crippen LogP contribution in [0.15, 0.2) is 79.9 Å². The van der Waals surface area contributed by atoms with Gasteiger partial charge >= 0.3 is 5.97 Å². The van der Waals surface area contributed by atoms with E-state index in [2.05, 4.69) is 29.1 Å². The summed E-state index contributed by atoms with van der Waals surface area (Å²) in [5.74, 6) is -2.52. The maximum Gasteiger partial charge on any atom is 0.312 e. The predicted octanol–water partition coefficient (Wildman–Crippen LogP) is 3.69. The van der Waals surface area contributed by atoms with Crippen LogP contribution in [0, 0.1) is 11.8 Å². The number of hydrogen-bond acceptors (Lipinski definition) is 7. The highest BCUT2D eigenvalue weighted by molar-refractivity contribution is 9.09. The van der Waals surface area contributed by atoms with Gasteiger partial charge in [0.05, 0.1) is 44.3 Å². The van der Waals surface area contributed by atoms with Crippen LogP contribution >= 0.6 is 15.9 Å². The zero-order chi connectivity index (χ0) is 30.7. The molecular formula is C33H37BrN2O7. The fourth-order valence-corrected chi connectivity index (χ4v) is 7.79. The highest BCUT2D eigenvalue weighted by atomic mass is 79.9. The third kappa shape index (κ3) is 5.52. The molecule has 3 aliphatic heterocycles. The molecule has 0 aromatic heterocycles. The second kappa shape index (κ2) is 13.0. The van der Waals surface area contributed by atoms with Crippen molar-refractivity contribution in [1.29, 1.82) is 0 Å². The quantitative estimate of drug-likeness (QED) is 0.152. The Morgan fingerprint density at radius 2 is 1.91 bits per heavy atom. The van der Waals surface area contributed by atoms with Gasteiger partial charge in [-0.1, -0.05) is 58.4 Å². The number of alkyl halides is 1. The summed E-state index contributed by atoms with van der Waals surface area (Å²) in [5.41, 5.74) is 0.188. The number of halogens is 1. The number of hydrogen-bond donors (Lipinski definition) is 1. The smallest absolute Gasteiger partial charge is 0.312 e. The lowest BCUT2D eigenvalue weighted by Crippen LogP contribution is -2.59. The van der Waals surface area contributed by atoms with Gasteiger partial charge in [-0.2, -0.15) is 0 Å². The predicted molar refractivity (Wildman–Crippen MR) is 165 cm³/mol. The van der Waals surface area contributed by atoms with Gasteiger partial charge < -0.3 is 29.1 Å². The van der Waals surface area contributed by atoms with Crippen LogP contribution in [-0.2, 0) is 30.3 Å². The van der Waals surface area contributed by atoms with E-state index in [1.165, 1.54) is 4.90 Å². The summed E-state index contributed by atoms with van der Waals surface area (Å²) in [6, 6.07) is 14.7. The van der Waals surface area contributed by atoms with Gasteiger partial charge in [0.25, 0.3) is 5.91 Å². The van der Waals surface area contributed by atoms with Crippen LogP contribution in [0.4, 0.5) is 5.69 Å². The summed E-state index contributed by atoms with van der Waals surface area (Å²) < 4.78 is 17.5. The molecule has 2 aromatic carbocycles. The van der Waals surface area contributed by atoms with Crippen molar-refractivity contribution in [2.45, 2.75) is 47.9 Å². The molecule has 3 heterocycles. The lowest BCUT2D eigenvalue weighted by Gasteiger charge is -2.39. The Bertz CT molecular complexity index is 1350. The first kappa shape index (κ1) is 31.0. The molecule has 3 fully saturated rings. The van der Waals surface area contributed by atoms with Crippen LogP contribution in [0.3, 0.4) is 0 Å². The van der Waals surface area contributed by atoms with Gasteiger partial charge in [-0.05, 0) is 49.1 Å². The Balaban J connectivity index is 1.59. The molecule has 43 heavy (non-hydrogen) atoms. The minimum Gasteiger partial charge on any atom is -0.497 e. The molecular weight excluding hydrogens is 616 g/mol. The van der Waals surface area contributed by atoms with Gasteiger partial charge in [0, 0.05) is 17.1 Å². The highest BCUT2D eigenvalue weighted by Crippen LogP contribution is 2.61. The first-order valence-corrected chi connectivity index (χ1v) is 15.4. The van der Waals surface area contributed by atoms with Gasteiger partial charge in [0.1, 0.15) is 17.4 Å². The summed E-state index contributed by atoms with van der Waals surface area (Å²) in [7, 11) is 1.56. The summed E-state index contributed by atoms with van der Waals surface area (Å²) >= 11 is 3.69. The molecule has 1 N–H and O–H groups in total. The summed E-state index contributed by atoms with van der Waals surface area (Å²) in [5, 5.41) is 10.7. The normalized spacial score (nSPS) is 27.8. The number of aliphatic hydroxyl groups excluding tert-OH is 1. The molecule has 3 aliphatic rings. The van der Waals surface area contributed by atoms with E-state index in [0.29, 0.717) is 30.7 Å². The lowest BCUT2D eigenvalue weighted by molar-refractivity contribution is -0.155. The van der Waals surface area contributed by atoms with E-state index in [1.807, 2.05) is 30.3 Å². The number of aliphatic hydroxyl groups is 1. The average molecular weight is 654 g/mol. The van der Waals surface area contributed by atoms with Crippen molar-refractivity contribution in [3.63, 3.8) is 0 Å². The topological polar surface area (TPSA) is 106 Å². The van der Waals surface area contributed by atoms with E-state index in [-0.39, 0.29) is 30.5 Å². The van der Waals surface area contributed by atoms with Crippen LogP contribution in [0.25, 0.3) is 0 Å². The minimum atomic E-state index is -1.30. The highest BCUT2D eigenvalue weighted by Gasteiger charge is 2.77. The van der Waals surface area contributed by atoms with Crippen molar-refractivity contribution < 1.29 is 33.7 Å². The molecule has 9 nitrogen and oxygen atoms in total. The van der Waals surface area contributed by atoms with Crippen molar-refractivity contribution in [2.75, 3.05) is 31.8 Å². The van der Waals surface area contributed by atoms with Crippen LogP contribution in [0.5, 0.6) is 5.75 Å². The van der Waals surface area contributed by atoms with Crippen molar-refractivity contribution in [3.05, 3.63) is 85.5 Å². The summed E-state index contributed by atoms with van der Waals surface area (Å²) in [4.78, 5) is 45.5. The van der Waals surface area contributed by atoms with Crippen molar-refractivity contribution in [2.24, 2.45) is 11.8 Å². The number of nitrogens with zero attached hydrogens (tertiary/aromatic N) is 2. The number of ether oxygens (including phenoxy) is 3. The van der Waals surface area contributed by atoms with Crippen LogP contribution in [0.2, 0.25) is 0 Å². The molecule has 0 saturated carbocycles. The third-order valence-corrected chi connectivity index (χ3v) is 9.52. The molecule has 1 spiro atoms. The second-order valence-electron chi connectivity index (χ2n) is 11.1. The molecule has 0 radical (unpaired) electrons. The van der Waals surface area contributed by atoms with Crippen molar-refractivity contribution in [3.8, 4) is 5.75 Å². The molecule has 2 aromatic rings. The fourth-order valence-electron chi connectivity index (χ4n) is 6.85. The van der Waals surface area contributed by atoms with Crippen LogP contribution < -0.4 is 9.64 Å². The van der Waals surface area contributed by atoms with E-state index in [0.717, 1.165) is 5.56 Å². The zero-order valence-electron chi connectivity index (χ0n) is 24.1. The Hall–Kier alpha value is -3.47. The number of fused-ring (bicyclic) bond motifs is 1. The second-order valence-corrected chi connectivity index (χ2v) is 12.3. The fraction of sp³-hybridized carbons (Fsp3) is 0.424. The molecule has 2 amide bonds. The zero-order valence-corrected chi connectivity index (χ0v) is 25.7. The Morgan fingerprint density at radius 1 is 1.19 bits per heavy atom. The number of carbonyl (C=O) groups is 3.